The first-order valence-electron chi connectivity index (χ1n) is 8.46. The number of carbonyl (C=O) groups excluding carboxylic acids is 1. The first-order valence-corrected chi connectivity index (χ1v) is 10.5. The molecule has 2 rings (SSSR count). The van der Waals surface area contributed by atoms with Crippen LogP contribution in [0.15, 0.2) is 29.2 Å². The molecule has 25 heavy (non-hydrogen) atoms. The van der Waals surface area contributed by atoms with Crippen LogP contribution in [-0.4, -0.2) is 39.2 Å². The lowest BCUT2D eigenvalue weighted by Crippen LogP contribution is -2.38. The lowest BCUT2D eigenvalue weighted by molar-refractivity contribution is -0.118. The Labute approximate surface area is 161 Å². The van der Waals surface area contributed by atoms with Crippen LogP contribution in [0.4, 0.5) is 0 Å². The predicted octanol–water partition coefficient (Wildman–Crippen LogP) is 2.96. The Morgan fingerprint density at radius 2 is 1.64 bits per heavy atom. The smallest absolute Gasteiger partial charge is 0.235 e. The molecule has 0 radical (unpaired) electrons. The number of amides is 1. The van der Waals surface area contributed by atoms with Gasteiger partial charge in [-0.25, -0.2) is 8.42 Å². The molecule has 1 aliphatic carbocycles. The van der Waals surface area contributed by atoms with E-state index in [9.17, 15) is 13.2 Å². The van der Waals surface area contributed by atoms with Gasteiger partial charge in [0.15, 0.2) is 9.84 Å². The van der Waals surface area contributed by atoms with E-state index in [0.717, 1.165) is 0 Å². The van der Waals surface area contributed by atoms with Crippen molar-refractivity contribution in [2.75, 3.05) is 18.8 Å². The van der Waals surface area contributed by atoms with Crippen LogP contribution in [0.3, 0.4) is 0 Å². The number of halogens is 2. The van der Waals surface area contributed by atoms with E-state index in [2.05, 4.69) is 10.6 Å². The quantitative estimate of drug-likeness (QED) is 0.536. The summed E-state index contributed by atoms with van der Waals surface area (Å²) in [4.78, 5) is 12.0. The summed E-state index contributed by atoms with van der Waals surface area (Å²) in [5.74, 6) is -1.02. The Morgan fingerprint density at radius 1 is 1.04 bits per heavy atom. The molecule has 1 aromatic rings. The van der Waals surface area contributed by atoms with Gasteiger partial charge in [0.1, 0.15) is 5.75 Å². The van der Waals surface area contributed by atoms with Crippen LogP contribution in [0.1, 0.15) is 38.5 Å². The number of benzene rings is 1. The van der Waals surface area contributed by atoms with Crippen molar-refractivity contribution in [2.24, 2.45) is 0 Å². The van der Waals surface area contributed by atoms with Crippen molar-refractivity contribution in [1.82, 2.24) is 10.6 Å². The molecule has 2 N–H and O–H groups in total. The van der Waals surface area contributed by atoms with Gasteiger partial charge in [0, 0.05) is 24.2 Å². The van der Waals surface area contributed by atoms with Crippen molar-refractivity contribution >= 4 is 39.8 Å². The molecular weight excluding hydrogens is 383 g/mol. The van der Waals surface area contributed by atoms with Crippen molar-refractivity contribution in [2.45, 2.75) is 49.5 Å². The highest BCUT2D eigenvalue weighted by Gasteiger charge is 2.19. The van der Waals surface area contributed by atoms with E-state index in [1.807, 2.05) is 0 Å². The first kappa shape index (κ1) is 22.2. The average Bonchev–Trinajstić information content (AvgIpc) is 2.80. The summed E-state index contributed by atoms with van der Waals surface area (Å²) in [6.45, 7) is 1.10. The van der Waals surface area contributed by atoms with E-state index in [4.69, 9.17) is 11.6 Å². The molecule has 0 saturated heterocycles. The Hall–Kier alpha value is -0.820. The standard InChI is InChI=1S/C17H25ClN2O3S.ClH/c18-14-7-9-16(10-8-14)24(22,23)13-17(21)20-12-11-19-15-5-3-1-2-4-6-15;/h7-10,15,19H,1-6,11-13H2,(H,20,21);1H. The van der Waals surface area contributed by atoms with Gasteiger partial charge in [-0.3, -0.25) is 4.79 Å². The zero-order valence-corrected chi connectivity index (χ0v) is 16.6. The molecule has 1 aromatic carbocycles. The zero-order chi connectivity index (χ0) is 17.4. The van der Waals surface area contributed by atoms with Crippen molar-refractivity contribution in [3.63, 3.8) is 0 Å². The van der Waals surface area contributed by atoms with Crippen LogP contribution >= 0.6 is 24.0 Å². The minimum atomic E-state index is -3.63. The van der Waals surface area contributed by atoms with Gasteiger partial charge in [-0.15, -0.1) is 12.4 Å². The highest BCUT2D eigenvalue weighted by atomic mass is 35.5. The van der Waals surface area contributed by atoms with Crippen LogP contribution in [0.5, 0.6) is 0 Å². The Kier molecular flexibility index (Phi) is 9.79. The zero-order valence-electron chi connectivity index (χ0n) is 14.2. The lowest BCUT2D eigenvalue weighted by atomic mass is 10.1. The van der Waals surface area contributed by atoms with Gasteiger partial charge in [-0.05, 0) is 37.1 Å². The van der Waals surface area contributed by atoms with E-state index < -0.39 is 21.5 Å². The maximum absolute atomic E-state index is 12.2. The molecule has 0 aromatic heterocycles. The second kappa shape index (κ2) is 11.0. The summed E-state index contributed by atoms with van der Waals surface area (Å²) < 4.78 is 24.3. The molecule has 1 amide bonds. The average molecular weight is 409 g/mol. The molecule has 0 unspecified atom stereocenters. The number of rotatable bonds is 7. The molecular formula is C17H26Cl2N2O3S. The maximum atomic E-state index is 12.2. The van der Waals surface area contributed by atoms with Crippen LogP contribution in [0, 0.1) is 0 Å². The topological polar surface area (TPSA) is 75.3 Å². The number of sulfone groups is 1. The number of hydrogen-bond acceptors (Lipinski definition) is 4. The van der Waals surface area contributed by atoms with Gasteiger partial charge < -0.3 is 10.6 Å². The van der Waals surface area contributed by atoms with E-state index >= 15 is 0 Å². The van der Waals surface area contributed by atoms with Gasteiger partial charge in [0.2, 0.25) is 5.91 Å². The summed E-state index contributed by atoms with van der Waals surface area (Å²) in [6, 6.07) is 6.35. The van der Waals surface area contributed by atoms with Gasteiger partial charge >= 0.3 is 0 Å². The third-order valence-corrected chi connectivity index (χ3v) is 6.11. The van der Waals surface area contributed by atoms with Crippen LogP contribution in [0.25, 0.3) is 0 Å². The van der Waals surface area contributed by atoms with Crippen molar-refractivity contribution < 1.29 is 13.2 Å². The first-order chi connectivity index (χ1) is 11.5. The van der Waals surface area contributed by atoms with Crippen LogP contribution in [-0.2, 0) is 14.6 Å². The highest BCUT2D eigenvalue weighted by molar-refractivity contribution is 7.92. The molecule has 0 heterocycles. The van der Waals surface area contributed by atoms with Crippen LogP contribution < -0.4 is 10.6 Å². The van der Waals surface area contributed by atoms with E-state index in [-0.39, 0.29) is 17.3 Å². The van der Waals surface area contributed by atoms with Gasteiger partial charge in [-0.2, -0.15) is 0 Å². The normalized spacial score (nSPS) is 15.9. The largest absolute Gasteiger partial charge is 0.354 e. The molecule has 1 fully saturated rings. The minimum Gasteiger partial charge on any atom is -0.354 e. The monoisotopic (exact) mass is 408 g/mol. The maximum Gasteiger partial charge on any atom is 0.235 e. The Morgan fingerprint density at radius 3 is 2.24 bits per heavy atom. The van der Waals surface area contributed by atoms with Crippen LogP contribution in [0.2, 0.25) is 5.02 Å². The fraction of sp³-hybridized carbons (Fsp3) is 0.588. The summed E-state index contributed by atoms with van der Waals surface area (Å²) in [6.07, 6.45) is 7.47. The lowest BCUT2D eigenvalue weighted by Gasteiger charge is -2.16. The van der Waals surface area contributed by atoms with Gasteiger partial charge in [0.25, 0.3) is 0 Å². The summed E-state index contributed by atoms with van der Waals surface area (Å²) in [5.41, 5.74) is 0. The summed E-state index contributed by atoms with van der Waals surface area (Å²) >= 11 is 5.75. The van der Waals surface area contributed by atoms with E-state index in [1.165, 1.54) is 62.8 Å². The molecule has 142 valence electrons. The molecule has 0 atom stereocenters. The fourth-order valence-corrected chi connectivity index (χ4v) is 4.20. The fourth-order valence-electron chi connectivity index (χ4n) is 2.91. The minimum absolute atomic E-state index is 0. The third kappa shape index (κ3) is 7.94. The highest BCUT2D eigenvalue weighted by Crippen LogP contribution is 2.17. The summed E-state index contributed by atoms with van der Waals surface area (Å²) in [5, 5.41) is 6.57. The molecule has 1 saturated carbocycles. The van der Waals surface area contributed by atoms with Crippen molar-refractivity contribution in [1.29, 1.82) is 0 Å². The second-order valence-electron chi connectivity index (χ2n) is 6.21. The number of hydrogen-bond donors (Lipinski definition) is 2. The molecule has 5 nitrogen and oxygen atoms in total. The molecule has 1 aliphatic rings. The Bertz CT molecular complexity index is 628. The van der Waals surface area contributed by atoms with Crippen molar-refractivity contribution in [3.8, 4) is 0 Å². The third-order valence-electron chi connectivity index (χ3n) is 4.23. The molecule has 0 spiro atoms. The van der Waals surface area contributed by atoms with Crippen molar-refractivity contribution in [3.05, 3.63) is 29.3 Å². The number of carbonyl (C=O) groups is 1. The summed E-state index contributed by atoms with van der Waals surface area (Å²) in [7, 11) is -3.63. The second-order valence-corrected chi connectivity index (χ2v) is 8.63. The van der Waals surface area contributed by atoms with Gasteiger partial charge in [-0.1, -0.05) is 37.3 Å². The van der Waals surface area contributed by atoms with E-state index in [1.54, 1.807) is 0 Å². The molecule has 0 bridgehead atoms. The Balaban J connectivity index is 0.00000312. The predicted molar refractivity (Wildman–Crippen MR) is 103 cm³/mol. The molecule has 0 aliphatic heterocycles. The molecule has 8 heteroatoms. The van der Waals surface area contributed by atoms with E-state index in [0.29, 0.717) is 24.2 Å². The number of nitrogens with one attached hydrogen (secondary N) is 2. The van der Waals surface area contributed by atoms with Gasteiger partial charge in [0.05, 0.1) is 4.90 Å². The SMILES string of the molecule is Cl.O=C(CS(=O)(=O)c1ccc(Cl)cc1)NCCNC1CCCCCC1.